The number of hydrogen-bond donors (Lipinski definition) is 3. The lowest BCUT2D eigenvalue weighted by Gasteiger charge is -2.13. The van der Waals surface area contributed by atoms with E-state index >= 15 is 0 Å². The maximum Gasteiger partial charge on any atom is 0.358 e. The molecule has 17 heteroatoms. The number of rotatable bonds is 13. The molecule has 0 spiro atoms. The smallest absolute Gasteiger partial charge is 0.358 e. The van der Waals surface area contributed by atoms with Gasteiger partial charge in [0.25, 0.3) is 17.7 Å². The van der Waals surface area contributed by atoms with E-state index in [9.17, 15) is 19.2 Å². The highest BCUT2D eigenvalue weighted by atomic mass is 16.5. The molecule has 0 radical (unpaired) electrons. The average molecular weight is 853 g/mol. The number of carbonyl (C=O) groups excluding carboxylic acids is 4. The Morgan fingerprint density at radius 3 is 1.53 bits per heavy atom. The summed E-state index contributed by atoms with van der Waals surface area (Å²) in [5, 5.41) is 27.7. The third kappa shape index (κ3) is 9.68. The van der Waals surface area contributed by atoms with E-state index in [1.807, 2.05) is 89.8 Å². The number of carbonyl (C=O) groups is 4. The van der Waals surface area contributed by atoms with Crippen LogP contribution in [0.3, 0.4) is 0 Å². The second-order valence-electron chi connectivity index (χ2n) is 14.2. The van der Waals surface area contributed by atoms with Crippen molar-refractivity contribution in [2.45, 2.75) is 19.6 Å². The van der Waals surface area contributed by atoms with Crippen LogP contribution in [0.5, 0.6) is 0 Å². The Balaban J connectivity index is 0.000000178. The third-order valence-corrected chi connectivity index (χ3v) is 10.2. The molecule has 0 fully saturated rings. The molecule has 0 aliphatic carbocycles. The molecule has 318 valence electrons. The number of ether oxygens (including phenoxy) is 1. The summed E-state index contributed by atoms with van der Waals surface area (Å²) in [6, 6.07) is 33.2. The van der Waals surface area contributed by atoms with Gasteiger partial charge in [0.2, 0.25) is 0 Å². The lowest BCUT2D eigenvalue weighted by molar-refractivity contribution is 0.0595. The molecule has 0 bridgehead atoms. The van der Waals surface area contributed by atoms with Gasteiger partial charge in [0.05, 0.1) is 44.0 Å². The summed E-state index contributed by atoms with van der Waals surface area (Å²) in [5.74, 6) is -1.62. The number of aromatic nitrogens is 9. The van der Waals surface area contributed by atoms with Gasteiger partial charge in [0.15, 0.2) is 11.4 Å². The molecule has 0 saturated carbocycles. The van der Waals surface area contributed by atoms with Crippen molar-refractivity contribution in [3.05, 3.63) is 192 Å². The van der Waals surface area contributed by atoms with Gasteiger partial charge in [-0.3, -0.25) is 14.4 Å². The standard InChI is InChI=1S/C26H23N7O2.C21H17N5O3/c34-25(22-10-9-19(18-33-17-13-29-31-33)20-6-1-2-7-21(20)22)30-23-8-5-11-27-24(23)26(35)28-12-16-32-14-3-4-15-32;1-29-21(28)19-18(7-4-10-22-19)24-20(27)17-9-8-14(13-26-12-11-23-25-26)15-5-2-3-6-16(15)17/h1-11,13-15,17H,12,16,18H2,(H,28,35)(H,30,34);2-12H,13H2,1H3,(H,24,27). The number of benzene rings is 4. The normalized spacial score (nSPS) is 10.8. The monoisotopic (exact) mass is 852 g/mol. The number of anilines is 2. The number of amides is 3. The van der Waals surface area contributed by atoms with Crippen molar-refractivity contribution in [3.8, 4) is 0 Å². The summed E-state index contributed by atoms with van der Waals surface area (Å²) in [7, 11) is 1.27. The summed E-state index contributed by atoms with van der Waals surface area (Å²) in [4.78, 5) is 59.2. The van der Waals surface area contributed by atoms with Crippen LogP contribution in [0.2, 0.25) is 0 Å². The predicted octanol–water partition coefficient (Wildman–Crippen LogP) is 6.27. The molecule has 5 heterocycles. The van der Waals surface area contributed by atoms with Crippen molar-refractivity contribution < 1.29 is 23.9 Å². The minimum atomic E-state index is -0.617. The van der Waals surface area contributed by atoms with Gasteiger partial charge in [-0.1, -0.05) is 71.1 Å². The van der Waals surface area contributed by atoms with Crippen molar-refractivity contribution in [1.82, 2.24) is 49.8 Å². The number of esters is 1. The molecule has 64 heavy (non-hydrogen) atoms. The molecular weight excluding hydrogens is 813 g/mol. The van der Waals surface area contributed by atoms with Crippen LogP contribution in [0, 0.1) is 0 Å². The van der Waals surface area contributed by atoms with Crippen LogP contribution in [0.4, 0.5) is 11.4 Å². The van der Waals surface area contributed by atoms with Gasteiger partial charge in [0, 0.05) is 61.4 Å². The zero-order valence-electron chi connectivity index (χ0n) is 34.4. The van der Waals surface area contributed by atoms with Crippen molar-refractivity contribution in [3.63, 3.8) is 0 Å². The second kappa shape index (κ2) is 19.7. The van der Waals surface area contributed by atoms with Crippen molar-refractivity contribution in [2.75, 3.05) is 24.3 Å². The Morgan fingerprint density at radius 1 is 0.531 bits per heavy atom. The topological polar surface area (TPSA) is 206 Å². The lowest BCUT2D eigenvalue weighted by Crippen LogP contribution is -2.29. The van der Waals surface area contributed by atoms with Gasteiger partial charge in [0.1, 0.15) is 0 Å². The maximum absolute atomic E-state index is 13.3. The summed E-state index contributed by atoms with van der Waals surface area (Å²) >= 11 is 0. The van der Waals surface area contributed by atoms with Crippen LogP contribution in [0.1, 0.15) is 52.8 Å². The molecule has 17 nitrogen and oxygen atoms in total. The fraction of sp³-hybridized carbons (Fsp3) is 0.106. The van der Waals surface area contributed by atoms with Gasteiger partial charge in [-0.25, -0.2) is 24.1 Å². The first kappa shape index (κ1) is 41.9. The van der Waals surface area contributed by atoms with E-state index < -0.39 is 5.97 Å². The summed E-state index contributed by atoms with van der Waals surface area (Å²) in [6.07, 6.45) is 13.7. The SMILES string of the molecule is COC(=O)c1ncccc1NC(=O)c1ccc(Cn2ccnn2)c2ccccc12.O=C(NCCn1cccc1)c1ncccc1NC(=O)c1ccc(Cn2ccnn2)c2ccccc12. The Hall–Kier alpha value is -8.86. The van der Waals surface area contributed by atoms with Crippen LogP contribution in [0.25, 0.3) is 21.5 Å². The van der Waals surface area contributed by atoms with Crippen molar-refractivity contribution in [2.24, 2.45) is 0 Å². The highest BCUT2D eigenvalue weighted by molar-refractivity contribution is 6.16. The van der Waals surface area contributed by atoms with Gasteiger partial charge in [-0.2, -0.15) is 0 Å². The molecule has 4 aromatic carbocycles. The summed E-state index contributed by atoms with van der Waals surface area (Å²) in [6.45, 7) is 2.16. The number of fused-ring (bicyclic) bond motifs is 2. The number of nitrogens with zero attached hydrogens (tertiary/aromatic N) is 9. The first-order valence-corrected chi connectivity index (χ1v) is 20.1. The quantitative estimate of drug-likeness (QED) is 0.110. The molecule has 0 saturated heterocycles. The fourth-order valence-electron chi connectivity index (χ4n) is 7.11. The highest BCUT2D eigenvalue weighted by Crippen LogP contribution is 2.27. The largest absolute Gasteiger partial charge is 0.464 e. The zero-order valence-corrected chi connectivity index (χ0v) is 34.4. The third-order valence-electron chi connectivity index (χ3n) is 10.2. The predicted molar refractivity (Wildman–Crippen MR) is 239 cm³/mol. The van der Waals surface area contributed by atoms with Gasteiger partial charge in [-0.05, 0) is 81.2 Å². The molecule has 0 unspecified atom stereocenters. The van der Waals surface area contributed by atoms with Gasteiger partial charge < -0.3 is 25.3 Å². The Morgan fingerprint density at radius 2 is 1.03 bits per heavy atom. The highest BCUT2D eigenvalue weighted by Gasteiger charge is 2.20. The van der Waals surface area contributed by atoms with E-state index in [-0.39, 0.29) is 29.1 Å². The van der Waals surface area contributed by atoms with Crippen LogP contribution in [0.15, 0.2) is 159 Å². The maximum atomic E-state index is 13.3. The molecule has 0 aliphatic heterocycles. The fourth-order valence-corrected chi connectivity index (χ4v) is 7.11. The zero-order chi connectivity index (χ0) is 44.3. The molecule has 0 atom stereocenters. The van der Waals surface area contributed by atoms with E-state index in [1.165, 1.54) is 19.5 Å². The molecule has 3 N–H and O–H groups in total. The first-order valence-electron chi connectivity index (χ1n) is 20.1. The van der Waals surface area contributed by atoms with E-state index in [4.69, 9.17) is 4.74 Å². The number of hydrogen-bond acceptors (Lipinski definition) is 11. The lowest BCUT2D eigenvalue weighted by atomic mass is 9.99. The number of nitrogens with one attached hydrogen (secondary N) is 3. The van der Waals surface area contributed by atoms with Crippen LogP contribution in [-0.4, -0.2) is 81.9 Å². The van der Waals surface area contributed by atoms with E-state index in [1.54, 1.807) is 70.5 Å². The van der Waals surface area contributed by atoms with Crippen LogP contribution < -0.4 is 16.0 Å². The summed E-state index contributed by atoms with van der Waals surface area (Å²) < 4.78 is 10.2. The minimum Gasteiger partial charge on any atom is -0.464 e. The Labute approximate surface area is 365 Å². The molecule has 3 amide bonds. The Kier molecular flexibility index (Phi) is 12.9. The minimum absolute atomic E-state index is 0.0513. The van der Waals surface area contributed by atoms with E-state index in [2.05, 4.69) is 46.5 Å². The van der Waals surface area contributed by atoms with E-state index in [0.29, 0.717) is 48.7 Å². The van der Waals surface area contributed by atoms with Crippen molar-refractivity contribution in [1.29, 1.82) is 0 Å². The summed E-state index contributed by atoms with van der Waals surface area (Å²) in [5.41, 5.74) is 3.89. The van der Waals surface area contributed by atoms with Crippen LogP contribution >= 0.6 is 0 Å². The molecule has 5 aromatic heterocycles. The van der Waals surface area contributed by atoms with Gasteiger partial charge in [-0.15, -0.1) is 10.2 Å². The molecule has 0 aliphatic rings. The average Bonchev–Trinajstić information content (AvgIpc) is 4.16. The van der Waals surface area contributed by atoms with Crippen molar-refractivity contribution >= 4 is 56.6 Å². The van der Waals surface area contributed by atoms with Gasteiger partial charge >= 0.3 is 5.97 Å². The second-order valence-corrected chi connectivity index (χ2v) is 14.2. The first-order chi connectivity index (χ1) is 31.4. The Bertz CT molecular complexity index is 3060. The number of methoxy groups -OCH3 is 1. The number of pyridine rings is 2. The van der Waals surface area contributed by atoms with E-state index in [0.717, 1.165) is 32.7 Å². The molecule has 9 aromatic rings. The molecular formula is C47H40N12O5. The molecule has 9 rings (SSSR count). The van der Waals surface area contributed by atoms with Crippen LogP contribution in [-0.2, 0) is 24.4 Å².